The highest BCUT2D eigenvalue weighted by atomic mass is 16.4. The molecular formula is C23H26N2O5. The zero-order chi connectivity index (χ0) is 22.1. The minimum atomic E-state index is -1.15. The van der Waals surface area contributed by atoms with E-state index in [-0.39, 0.29) is 24.3 Å². The molecule has 30 heavy (non-hydrogen) atoms. The maximum atomic E-state index is 12.8. The fourth-order valence-electron chi connectivity index (χ4n) is 2.97. The van der Waals surface area contributed by atoms with Crippen LogP contribution in [0.5, 0.6) is 0 Å². The van der Waals surface area contributed by atoms with Crippen LogP contribution in [0.1, 0.15) is 36.2 Å². The third-order valence-corrected chi connectivity index (χ3v) is 4.47. The highest BCUT2D eigenvalue weighted by Crippen LogP contribution is 2.08. The molecule has 158 valence electrons. The Hall–Kier alpha value is -3.48. The van der Waals surface area contributed by atoms with E-state index in [0.717, 1.165) is 5.56 Å². The van der Waals surface area contributed by atoms with E-state index in [4.69, 9.17) is 0 Å². The lowest BCUT2D eigenvalue weighted by Crippen LogP contribution is -2.53. The van der Waals surface area contributed by atoms with Crippen LogP contribution in [0.15, 0.2) is 60.7 Å². The predicted molar refractivity (Wildman–Crippen MR) is 112 cm³/mol. The Morgan fingerprint density at radius 1 is 0.833 bits per heavy atom. The second-order valence-electron chi connectivity index (χ2n) is 7.44. The summed E-state index contributed by atoms with van der Waals surface area (Å²) in [5.74, 6) is -3.44. The molecule has 0 saturated carbocycles. The molecule has 0 aliphatic carbocycles. The van der Waals surface area contributed by atoms with Crippen LogP contribution < -0.4 is 10.6 Å². The summed E-state index contributed by atoms with van der Waals surface area (Å²) in [5.41, 5.74) is 0.970. The van der Waals surface area contributed by atoms with Gasteiger partial charge in [-0.3, -0.25) is 14.4 Å². The van der Waals surface area contributed by atoms with Gasteiger partial charge in [0.25, 0.3) is 5.91 Å². The van der Waals surface area contributed by atoms with Crippen LogP contribution in [0.4, 0.5) is 0 Å². The largest absolute Gasteiger partial charge is 0.480 e. The second-order valence-corrected chi connectivity index (χ2v) is 7.44. The Bertz CT molecular complexity index is 881. The molecule has 0 radical (unpaired) electrons. The third kappa shape index (κ3) is 6.84. The van der Waals surface area contributed by atoms with E-state index in [0.29, 0.717) is 0 Å². The highest BCUT2D eigenvalue weighted by molar-refractivity contribution is 6.43. The number of Topliss-reactive ketones (excluding diaryl/α,β-unsaturated/α-hetero) is 1. The summed E-state index contributed by atoms with van der Waals surface area (Å²) < 4.78 is 0. The van der Waals surface area contributed by atoms with Crippen molar-refractivity contribution < 1.29 is 24.3 Å². The lowest BCUT2D eigenvalue weighted by Gasteiger charge is -2.22. The van der Waals surface area contributed by atoms with Crippen LogP contribution in [-0.4, -0.2) is 40.8 Å². The fourth-order valence-corrected chi connectivity index (χ4v) is 2.97. The smallest absolute Gasteiger partial charge is 0.326 e. The van der Waals surface area contributed by atoms with Gasteiger partial charge in [-0.1, -0.05) is 74.5 Å². The average molecular weight is 410 g/mol. The van der Waals surface area contributed by atoms with E-state index in [1.807, 2.05) is 19.9 Å². The monoisotopic (exact) mass is 410 g/mol. The van der Waals surface area contributed by atoms with Crippen molar-refractivity contribution in [1.82, 2.24) is 10.6 Å². The number of aliphatic carboxylic acids is 1. The lowest BCUT2D eigenvalue weighted by molar-refractivity contribution is -0.142. The molecule has 0 fully saturated rings. The SMILES string of the molecule is CC(C)C[C@H](NC(=O)[C@H](Cc1ccccc1)NC(=O)C(=O)c1ccccc1)C(=O)O. The zero-order valence-electron chi connectivity index (χ0n) is 17.0. The van der Waals surface area contributed by atoms with Gasteiger partial charge in [0.2, 0.25) is 11.7 Å². The molecule has 2 aromatic carbocycles. The molecule has 7 nitrogen and oxygen atoms in total. The molecular weight excluding hydrogens is 384 g/mol. The zero-order valence-corrected chi connectivity index (χ0v) is 17.0. The fraction of sp³-hybridized carbons (Fsp3) is 0.304. The number of carboxylic acids is 1. The molecule has 0 heterocycles. The molecule has 0 aromatic heterocycles. The van der Waals surface area contributed by atoms with E-state index < -0.39 is 35.7 Å². The summed E-state index contributed by atoms with van der Waals surface area (Å²) in [4.78, 5) is 49.2. The highest BCUT2D eigenvalue weighted by Gasteiger charge is 2.29. The quantitative estimate of drug-likeness (QED) is 0.411. The van der Waals surface area contributed by atoms with Gasteiger partial charge >= 0.3 is 5.97 Å². The normalized spacial score (nSPS) is 12.6. The number of carbonyl (C=O) groups excluding carboxylic acids is 3. The number of ketones is 1. The molecule has 2 rings (SSSR count). The maximum absolute atomic E-state index is 12.8. The van der Waals surface area contributed by atoms with Crippen molar-refractivity contribution in [2.24, 2.45) is 5.92 Å². The summed E-state index contributed by atoms with van der Waals surface area (Å²) in [7, 11) is 0. The Labute approximate surface area is 175 Å². The molecule has 0 bridgehead atoms. The van der Waals surface area contributed by atoms with Gasteiger partial charge in [0.05, 0.1) is 0 Å². The lowest BCUT2D eigenvalue weighted by atomic mass is 10.0. The summed E-state index contributed by atoms with van der Waals surface area (Å²) >= 11 is 0. The first-order valence-corrected chi connectivity index (χ1v) is 9.75. The van der Waals surface area contributed by atoms with Gasteiger partial charge in [-0.05, 0) is 17.9 Å². The predicted octanol–water partition coefficient (Wildman–Crippen LogP) is 2.21. The van der Waals surface area contributed by atoms with Crippen molar-refractivity contribution in [2.45, 2.75) is 38.8 Å². The molecule has 3 N–H and O–H groups in total. The first-order chi connectivity index (χ1) is 14.3. The van der Waals surface area contributed by atoms with Crippen LogP contribution in [0.25, 0.3) is 0 Å². The molecule has 0 aliphatic heterocycles. The first-order valence-electron chi connectivity index (χ1n) is 9.75. The molecule has 7 heteroatoms. The summed E-state index contributed by atoms with van der Waals surface area (Å²) in [6.07, 6.45) is 0.366. The van der Waals surface area contributed by atoms with Crippen LogP contribution in [0, 0.1) is 5.92 Å². The Morgan fingerprint density at radius 3 is 1.93 bits per heavy atom. The van der Waals surface area contributed by atoms with Crippen molar-refractivity contribution >= 4 is 23.6 Å². The van der Waals surface area contributed by atoms with Crippen LogP contribution in [0.2, 0.25) is 0 Å². The standard InChI is InChI=1S/C23H26N2O5/c1-15(2)13-19(23(29)30)25-21(27)18(14-16-9-5-3-6-10-16)24-22(28)20(26)17-11-7-4-8-12-17/h3-12,15,18-19H,13-14H2,1-2H3,(H,24,28)(H,25,27)(H,29,30)/t18-,19-/m0/s1. The van der Waals surface area contributed by atoms with Crippen molar-refractivity contribution in [3.63, 3.8) is 0 Å². The number of amides is 2. The number of benzene rings is 2. The summed E-state index contributed by atoms with van der Waals surface area (Å²) in [6.45, 7) is 3.70. The van der Waals surface area contributed by atoms with Crippen LogP contribution >= 0.6 is 0 Å². The van der Waals surface area contributed by atoms with E-state index >= 15 is 0 Å². The number of carboxylic acid groups (broad SMARTS) is 1. The Kier molecular flexibility index (Phi) is 8.29. The average Bonchev–Trinajstić information content (AvgIpc) is 2.73. The van der Waals surface area contributed by atoms with Gasteiger partial charge in [-0.2, -0.15) is 0 Å². The number of carbonyl (C=O) groups is 4. The van der Waals surface area contributed by atoms with Crippen molar-refractivity contribution in [1.29, 1.82) is 0 Å². The molecule has 2 amide bonds. The van der Waals surface area contributed by atoms with Crippen LogP contribution in [0.3, 0.4) is 0 Å². The molecule has 0 aliphatic rings. The van der Waals surface area contributed by atoms with E-state index in [2.05, 4.69) is 10.6 Å². The van der Waals surface area contributed by atoms with Crippen molar-refractivity contribution in [3.05, 3.63) is 71.8 Å². The first kappa shape index (κ1) is 22.8. The van der Waals surface area contributed by atoms with Crippen LogP contribution in [-0.2, 0) is 20.8 Å². The van der Waals surface area contributed by atoms with Gasteiger partial charge in [0.1, 0.15) is 12.1 Å². The molecule has 0 spiro atoms. The summed E-state index contributed by atoms with van der Waals surface area (Å²) in [5, 5.41) is 14.4. The molecule has 0 saturated heterocycles. The van der Waals surface area contributed by atoms with Gasteiger partial charge in [0.15, 0.2) is 0 Å². The molecule has 2 atom stereocenters. The van der Waals surface area contributed by atoms with Crippen molar-refractivity contribution in [3.8, 4) is 0 Å². The Balaban J connectivity index is 2.19. The second kappa shape index (κ2) is 10.9. The van der Waals surface area contributed by atoms with Gasteiger partial charge in [-0.15, -0.1) is 0 Å². The number of hydrogen-bond donors (Lipinski definition) is 3. The van der Waals surface area contributed by atoms with Gasteiger partial charge in [-0.25, -0.2) is 4.79 Å². The van der Waals surface area contributed by atoms with Gasteiger partial charge in [0, 0.05) is 12.0 Å². The third-order valence-electron chi connectivity index (χ3n) is 4.47. The van der Waals surface area contributed by atoms with E-state index in [1.165, 1.54) is 12.1 Å². The minimum absolute atomic E-state index is 0.0493. The topological polar surface area (TPSA) is 113 Å². The van der Waals surface area contributed by atoms with Gasteiger partial charge < -0.3 is 15.7 Å². The Morgan fingerprint density at radius 2 is 1.40 bits per heavy atom. The number of nitrogens with one attached hydrogen (secondary N) is 2. The number of rotatable bonds is 10. The van der Waals surface area contributed by atoms with E-state index in [1.54, 1.807) is 42.5 Å². The van der Waals surface area contributed by atoms with E-state index in [9.17, 15) is 24.3 Å². The summed E-state index contributed by atoms with van der Waals surface area (Å²) in [6, 6.07) is 14.8. The molecule has 2 aromatic rings. The minimum Gasteiger partial charge on any atom is -0.480 e. The number of hydrogen-bond acceptors (Lipinski definition) is 4. The van der Waals surface area contributed by atoms with Crippen molar-refractivity contribution in [2.75, 3.05) is 0 Å². The maximum Gasteiger partial charge on any atom is 0.326 e. The molecule has 0 unspecified atom stereocenters.